The van der Waals surface area contributed by atoms with E-state index in [9.17, 15) is 4.79 Å². The highest BCUT2D eigenvalue weighted by Gasteiger charge is 2.21. The van der Waals surface area contributed by atoms with Gasteiger partial charge in [-0.3, -0.25) is 4.79 Å². The Labute approximate surface area is 121 Å². The minimum Gasteiger partial charge on any atom is -0.341 e. The maximum Gasteiger partial charge on any atom is 0.254 e. The molecule has 0 aromatic heterocycles. The Balaban J connectivity index is 2.05. The molecule has 1 aliphatic carbocycles. The summed E-state index contributed by atoms with van der Waals surface area (Å²) in [6.07, 6.45) is 5.10. The maximum absolute atomic E-state index is 12.3. The lowest BCUT2D eigenvalue weighted by atomic mass is 10.1. The lowest BCUT2D eigenvalue weighted by molar-refractivity contribution is 0.0772. The second kappa shape index (κ2) is 6.07. The third-order valence-corrected chi connectivity index (χ3v) is 4.41. The summed E-state index contributed by atoms with van der Waals surface area (Å²) in [7, 11) is 1.88. The number of hydrogen-bond donors (Lipinski definition) is 0. The van der Waals surface area contributed by atoms with Crippen molar-refractivity contribution in [3.8, 4) is 0 Å². The highest BCUT2D eigenvalue weighted by atomic mass is 79.9. The fourth-order valence-corrected chi connectivity index (χ4v) is 3.38. The van der Waals surface area contributed by atoms with Crippen LogP contribution < -0.4 is 0 Å². The third-order valence-electron chi connectivity index (χ3n) is 3.52. The van der Waals surface area contributed by atoms with E-state index in [0.717, 1.165) is 11.0 Å². The average Bonchev–Trinajstić information content (AvgIpc) is 2.81. The lowest BCUT2D eigenvalue weighted by Gasteiger charge is -2.21. The molecule has 98 valence electrons. The van der Waals surface area contributed by atoms with Gasteiger partial charge in [0.1, 0.15) is 0 Å². The fraction of sp³-hybridized carbons (Fsp3) is 0.500. The number of halogens is 2. The van der Waals surface area contributed by atoms with Crippen LogP contribution in [-0.2, 0) is 0 Å². The van der Waals surface area contributed by atoms with Gasteiger partial charge in [0.05, 0.1) is 5.56 Å². The molecule has 4 heteroatoms. The molecule has 2 nitrogen and oxygen atoms in total. The Bertz CT molecular complexity index is 443. The topological polar surface area (TPSA) is 20.3 Å². The molecule has 0 bridgehead atoms. The molecule has 1 saturated carbocycles. The molecule has 1 amide bonds. The van der Waals surface area contributed by atoms with E-state index < -0.39 is 0 Å². The molecule has 0 radical (unpaired) electrons. The van der Waals surface area contributed by atoms with Gasteiger partial charge in [0.2, 0.25) is 0 Å². The van der Waals surface area contributed by atoms with Gasteiger partial charge in [-0.1, -0.05) is 24.4 Å². The molecule has 0 saturated heterocycles. The van der Waals surface area contributed by atoms with Crippen LogP contribution in [0.4, 0.5) is 0 Å². The lowest BCUT2D eigenvalue weighted by Crippen LogP contribution is -2.31. The van der Waals surface area contributed by atoms with Gasteiger partial charge in [-0.15, -0.1) is 0 Å². The second-order valence-corrected chi connectivity index (χ2v) is 6.25. The Morgan fingerprint density at radius 3 is 2.72 bits per heavy atom. The van der Waals surface area contributed by atoms with Gasteiger partial charge in [-0.2, -0.15) is 0 Å². The summed E-state index contributed by atoms with van der Waals surface area (Å²) in [5, 5.41) is 0.636. The SMILES string of the molecule is CN(CC1CCCC1)C(=O)c1ccc(Cl)cc1Br. The van der Waals surface area contributed by atoms with Gasteiger partial charge in [0, 0.05) is 23.1 Å². The van der Waals surface area contributed by atoms with Crippen LogP contribution in [0.3, 0.4) is 0 Å². The van der Waals surface area contributed by atoms with Crippen molar-refractivity contribution in [1.29, 1.82) is 0 Å². The van der Waals surface area contributed by atoms with Crippen LogP contribution in [0.1, 0.15) is 36.0 Å². The van der Waals surface area contributed by atoms with E-state index in [1.807, 2.05) is 11.9 Å². The zero-order chi connectivity index (χ0) is 13.1. The number of rotatable bonds is 3. The Morgan fingerprint density at radius 1 is 1.44 bits per heavy atom. The molecule has 0 spiro atoms. The zero-order valence-electron chi connectivity index (χ0n) is 10.5. The molecule has 0 heterocycles. The van der Waals surface area contributed by atoms with Crippen molar-refractivity contribution >= 4 is 33.4 Å². The molecule has 1 aliphatic rings. The summed E-state index contributed by atoms with van der Waals surface area (Å²) in [6.45, 7) is 0.855. The number of benzene rings is 1. The van der Waals surface area contributed by atoms with Gasteiger partial charge in [-0.25, -0.2) is 0 Å². The van der Waals surface area contributed by atoms with E-state index >= 15 is 0 Å². The first-order chi connectivity index (χ1) is 8.58. The van der Waals surface area contributed by atoms with Gasteiger partial charge in [0.15, 0.2) is 0 Å². The summed E-state index contributed by atoms with van der Waals surface area (Å²) in [5.41, 5.74) is 0.680. The Morgan fingerprint density at radius 2 is 2.11 bits per heavy atom. The molecule has 2 rings (SSSR count). The predicted molar refractivity (Wildman–Crippen MR) is 78.1 cm³/mol. The molecule has 18 heavy (non-hydrogen) atoms. The number of carbonyl (C=O) groups excluding carboxylic acids is 1. The van der Waals surface area contributed by atoms with Crippen LogP contribution in [0.15, 0.2) is 22.7 Å². The van der Waals surface area contributed by atoms with Crippen molar-refractivity contribution in [2.45, 2.75) is 25.7 Å². The van der Waals surface area contributed by atoms with Crippen molar-refractivity contribution < 1.29 is 4.79 Å². The highest BCUT2D eigenvalue weighted by molar-refractivity contribution is 9.10. The second-order valence-electron chi connectivity index (χ2n) is 4.96. The van der Waals surface area contributed by atoms with E-state index in [4.69, 9.17) is 11.6 Å². The molecule has 0 unspecified atom stereocenters. The summed E-state index contributed by atoms with van der Waals surface area (Å²) in [6, 6.07) is 5.29. The fourth-order valence-electron chi connectivity index (χ4n) is 2.53. The molecular formula is C14H17BrClNO. The molecule has 1 aromatic carbocycles. The number of carbonyl (C=O) groups is 1. The van der Waals surface area contributed by atoms with Crippen LogP contribution >= 0.6 is 27.5 Å². The number of nitrogens with zero attached hydrogens (tertiary/aromatic N) is 1. The first kappa shape index (κ1) is 13.9. The van der Waals surface area contributed by atoms with Crippen LogP contribution in [-0.4, -0.2) is 24.4 Å². The molecule has 0 N–H and O–H groups in total. The first-order valence-electron chi connectivity index (χ1n) is 6.28. The Hall–Kier alpha value is -0.540. The van der Waals surface area contributed by atoms with Gasteiger partial charge < -0.3 is 4.90 Å². The minimum absolute atomic E-state index is 0.0606. The number of hydrogen-bond acceptors (Lipinski definition) is 1. The molecule has 1 fully saturated rings. The van der Waals surface area contributed by atoms with Crippen molar-refractivity contribution in [2.75, 3.05) is 13.6 Å². The van der Waals surface area contributed by atoms with Crippen molar-refractivity contribution in [3.05, 3.63) is 33.3 Å². The largest absolute Gasteiger partial charge is 0.341 e. The van der Waals surface area contributed by atoms with E-state index in [-0.39, 0.29) is 5.91 Å². The van der Waals surface area contributed by atoms with Crippen molar-refractivity contribution in [1.82, 2.24) is 4.90 Å². The van der Waals surface area contributed by atoms with Gasteiger partial charge >= 0.3 is 0 Å². The van der Waals surface area contributed by atoms with Crippen LogP contribution in [0.25, 0.3) is 0 Å². The van der Waals surface area contributed by atoms with Crippen LogP contribution in [0.2, 0.25) is 5.02 Å². The quantitative estimate of drug-likeness (QED) is 0.806. The van der Waals surface area contributed by atoms with E-state index in [1.165, 1.54) is 25.7 Å². The van der Waals surface area contributed by atoms with E-state index in [2.05, 4.69) is 15.9 Å². The summed E-state index contributed by atoms with van der Waals surface area (Å²) in [5.74, 6) is 0.732. The van der Waals surface area contributed by atoms with Crippen molar-refractivity contribution in [3.63, 3.8) is 0 Å². The number of amides is 1. The molecule has 1 aromatic rings. The molecular weight excluding hydrogens is 314 g/mol. The summed E-state index contributed by atoms with van der Waals surface area (Å²) in [4.78, 5) is 14.1. The Kier molecular flexibility index (Phi) is 4.68. The first-order valence-corrected chi connectivity index (χ1v) is 7.45. The standard InChI is InChI=1S/C14H17BrClNO/c1-17(9-10-4-2-3-5-10)14(18)12-7-6-11(16)8-13(12)15/h6-8,10H,2-5,9H2,1H3. The smallest absolute Gasteiger partial charge is 0.254 e. The normalized spacial score (nSPS) is 15.9. The third kappa shape index (κ3) is 3.27. The van der Waals surface area contributed by atoms with Crippen LogP contribution in [0, 0.1) is 5.92 Å². The van der Waals surface area contributed by atoms with Crippen LogP contribution in [0.5, 0.6) is 0 Å². The predicted octanol–water partition coefficient (Wildman–Crippen LogP) is 4.36. The summed E-state index contributed by atoms with van der Waals surface area (Å²) < 4.78 is 0.762. The maximum atomic E-state index is 12.3. The average molecular weight is 331 g/mol. The molecule has 0 atom stereocenters. The zero-order valence-corrected chi connectivity index (χ0v) is 12.8. The van der Waals surface area contributed by atoms with Gasteiger partial charge in [0.25, 0.3) is 5.91 Å². The van der Waals surface area contributed by atoms with Gasteiger partial charge in [-0.05, 0) is 52.9 Å². The monoisotopic (exact) mass is 329 g/mol. The van der Waals surface area contributed by atoms with E-state index in [1.54, 1.807) is 18.2 Å². The molecule has 0 aliphatic heterocycles. The summed E-state index contributed by atoms with van der Waals surface area (Å²) >= 11 is 9.28. The van der Waals surface area contributed by atoms with Crippen molar-refractivity contribution in [2.24, 2.45) is 5.92 Å². The minimum atomic E-state index is 0.0606. The van der Waals surface area contributed by atoms with E-state index in [0.29, 0.717) is 16.5 Å². The highest BCUT2D eigenvalue weighted by Crippen LogP contribution is 2.27.